The van der Waals surface area contributed by atoms with Gasteiger partial charge in [0.1, 0.15) is 6.10 Å². The largest absolute Gasteiger partial charge is 0.750 e. The van der Waals surface area contributed by atoms with Gasteiger partial charge in [0.05, 0.1) is 51.1 Å². The first kappa shape index (κ1) is 24.5. The van der Waals surface area contributed by atoms with E-state index in [4.69, 9.17) is 8.92 Å². The summed E-state index contributed by atoms with van der Waals surface area (Å²) in [5, 5.41) is 0. The molecule has 0 aromatic rings. The van der Waals surface area contributed by atoms with Crippen molar-refractivity contribution in [1.82, 2.24) is 0 Å². The normalized spacial score (nSPS) is 21.8. The van der Waals surface area contributed by atoms with Crippen molar-refractivity contribution in [3.8, 4) is 0 Å². The maximum atomic E-state index is 12.1. The molecule has 0 aromatic heterocycles. The molecule has 1 fully saturated rings. The average molecular weight is 406 g/mol. The standard InChI is InChI=1S/C20H39NO5S/c1-4-5-6-7-8-9-16-21(2,3)17-10-11-20(22)25-18-12-14-19(15-13-18)26-27(23)24/h18-19H,4-17H2,1-3H3. The smallest absolute Gasteiger partial charge is 0.306 e. The van der Waals surface area contributed by atoms with Gasteiger partial charge in [-0.3, -0.25) is 8.98 Å². The van der Waals surface area contributed by atoms with Crippen LogP contribution in [0.5, 0.6) is 0 Å². The number of nitrogens with zero attached hydrogens (tertiary/aromatic N) is 1. The number of unbranched alkanes of at least 4 members (excludes halogenated alkanes) is 5. The highest BCUT2D eigenvalue weighted by molar-refractivity contribution is 7.74. The molecule has 0 heterocycles. The monoisotopic (exact) mass is 405 g/mol. The van der Waals surface area contributed by atoms with Crippen molar-refractivity contribution in [2.45, 2.75) is 96.2 Å². The van der Waals surface area contributed by atoms with Crippen molar-refractivity contribution in [2.24, 2.45) is 0 Å². The number of quaternary nitrogens is 1. The minimum absolute atomic E-state index is 0.0944. The first-order valence-corrected chi connectivity index (χ1v) is 11.6. The van der Waals surface area contributed by atoms with Crippen LogP contribution >= 0.6 is 0 Å². The lowest BCUT2D eigenvalue weighted by Crippen LogP contribution is -2.41. The molecule has 0 radical (unpaired) electrons. The van der Waals surface area contributed by atoms with Gasteiger partial charge in [0.2, 0.25) is 0 Å². The second-order valence-corrected chi connectivity index (χ2v) is 9.04. The summed E-state index contributed by atoms with van der Waals surface area (Å²) >= 11 is -2.46. The summed E-state index contributed by atoms with van der Waals surface area (Å²) in [6.07, 6.45) is 11.4. The van der Waals surface area contributed by atoms with Gasteiger partial charge in [0.15, 0.2) is 0 Å². The molecule has 0 saturated heterocycles. The van der Waals surface area contributed by atoms with Gasteiger partial charge >= 0.3 is 5.97 Å². The highest BCUT2D eigenvalue weighted by atomic mass is 32.2. The number of ether oxygens (including phenoxy) is 1. The fraction of sp³-hybridized carbons (Fsp3) is 0.950. The summed E-state index contributed by atoms with van der Waals surface area (Å²) in [5.41, 5.74) is 0. The van der Waals surface area contributed by atoms with Crippen LogP contribution in [0, 0.1) is 0 Å². The van der Waals surface area contributed by atoms with E-state index in [9.17, 15) is 13.6 Å². The molecule has 0 N–H and O–H groups in total. The van der Waals surface area contributed by atoms with Gasteiger partial charge in [-0.05, 0) is 38.5 Å². The van der Waals surface area contributed by atoms with E-state index in [0.29, 0.717) is 32.1 Å². The predicted octanol–water partition coefficient (Wildman–Crippen LogP) is 3.87. The van der Waals surface area contributed by atoms with Gasteiger partial charge in [0, 0.05) is 6.42 Å². The van der Waals surface area contributed by atoms with Crippen LogP contribution in [0.4, 0.5) is 0 Å². The van der Waals surface area contributed by atoms with Gasteiger partial charge in [0.25, 0.3) is 0 Å². The van der Waals surface area contributed by atoms with Gasteiger partial charge in [-0.15, -0.1) is 0 Å². The molecule has 160 valence electrons. The van der Waals surface area contributed by atoms with Crippen LogP contribution in [0.25, 0.3) is 0 Å². The van der Waals surface area contributed by atoms with Gasteiger partial charge < -0.3 is 13.8 Å². The Bertz CT molecular complexity index is 436. The van der Waals surface area contributed by atoms with E-state index in [1.54, 1.807) is 0 Å². The summed E-state index contributed by atoms with van der Waals surface area (Å²) < 4.78 is 32.4. The molecule has 1 rings (SSSR count). The molecule has 1 saturated carbocycles. The van der Waals surface area contributed by atoms with E-state index in [2.05, 4.69) is 21.0 Å². The minimum atomic E-state index is -2.46. The highest BCUT2D eigenvalue weighted by Gasteiger charge is 2.25. The molecule has 1 aliphatic rings. The van der Waals surface area contributed by atoms with Crippen LogP contribution in [0.2, 0.25) is 0 Å². The van der Waals surface area contributed by atoms with Crippen LogP contribution in [0.15, 0.2) is 0 Å². The molecule has 7 heteroatoms. The van der Waals surface area contributed by atoms with Crippen molar-refractivity contribution in [2.75, 3.05) is 27.2 Å². The van der Waals surface area contributed by atoms with E-state index in [-0.39, 0.29) is 18.2 Å². The lowest BCUT2D eigenvalue weighted by Gasteiger charge is -2.30. The Morgan fingerprint density at radius 3 is 2.15 bits per heavy atom. The Balaban J connectivity index is 2.09. The van der Waals surface area contributed by atoms with Crippen molar-refractivity contribution < 1.29 is 27.0 Å². The average Bonchev–Trinajstić information content (AvgIpc) is 2.59. The Morgan fingerprint density at radius 2 is 1.52 bits per heavy atom. The SMILES string of the molecule is CCCCCCCC[N+](C)(C)CCCC(=O)OC1CCC(OS(=O)[O-])CC1. The molecule has 0 spiro atoms. The third-order valence-corrected chi connectivity index (χ3v) is 5.82. The predicted molar refractivity (Wildman–Crippen MR) is 107 cm³/mol. The zero-order valence-electron chi connectivity index (χ0n) is 17.5. The molecule has 0 aromatic carbocycles. The summed E-state index contributed by atoms with van der Waals surface area (Å²) in [7, 11) is 4.47. The number of esters is 1. The maximum absolute atomic E-state index is 12.1. The van der Waals surface area contributed by atoms with Crippen molar-refractivity contribution >= 4 is 17.3 Å². The van der Waals surface area contributed by atoms with Crippen molar-refractivity contribution in [3.05, 3.63) is 0 Å². The van der Waals surface area contributed by atoms with E-state index in [1.165, 1.54) is 38.5 Å². The molecular formula is C20H39NO5S. The Morgan fingerprint density at radius 1 is 0.963 bits per heavy atom. The van der Waals surface area contributed by atoms with Crippen LogP contribution in [-0.4, -0.2) is 58.6 Å². The lowest BCUT2D eigenvalue weighted by atomic mass is 9.95. The number of carbonyl (C=O) groups excluding carboxylic acids is 1. The Labute approximate surface area is 168 Å². The summed E-state index contributed by atoms with van der Waals surface area (Å²) in [6.45, 7) is 4.38. The number of rotatable bonds is 14. The van der Waals surface area contributed by atoms with Gasteiger partial charge in [-0.2, -0.15) is 0 Å². The number of hydrogen-bond acceptors (Lipinski definition) is 5. The topological polar surface area (TPSA) is 75.7 Å². The molecule has 0 amide bonds. The molecule has 1 aliphatic carbocycles. The molecule has 0 bridgehead atoms. The zero-order valence-corrected chi connectivity index (χ0v) is 18.3. The van der Waals surface area contributed by atoms with E-state index < -0.39 is 11.4 Å². The second kappa shape index (κ2) is 13.6. The molecule has 0 aliphatic heterocycles. The van der Waals surface area contributed by atoms with E-state index >= 15 is 0 Å². The van der Waals surface area contributed by atoms with Crippen LogP contribution in [-0.2, 0) is 25.1 Å². The number of carbonyl (C=O) groups is 1. The first-order chi connectivity index (χ1) is 12.8. The number of hydrogen-bond donors (Lipinski definition) is 0. The lowest BCUT2D eigenvalue weighted by molar-refractivity contribution is -0.890. The van der Waals surface area contributed by atoms with Gasteiger partial charge in [-0.25, -0.2) is 4.21 Å². The third-order valence-electron chi connectivity index (χ3n) is 5.40. The first-order valence-electron chi connectivity index (χ1n) is 10.6. The van der Waals surface area contributed by atoms with E-state index in [1.807, 2.05) is 0 Å². The summed E-state index contributed by atoms with van der Waals surface area (Å²) in [5.74, 6) is -0.133. The molecule has 27 heavy (non-hydrogen) atoms. The van der Waals surface area contributed by atoms with Gasteiger partial charge in [-0.1, -0.05) is 32.6 Å². The molecular weight excluding hydrogens is 366 g/mol. The zero-order chi connectivity index (χ0) is 20.1. The summed E-state index contributed by atoms with van der Waals surface area (Å²) in [4.78, 5) is 12.1. The third kappa shape index (κ3) is 12.5. The van der Waals surface area contributed by atoms with Crippen molar-refractivity contribution in [3.63, 3.8) is 0 Å². The highest BCUT2D eigenvalue weighted by Crippen LogP contribution is 2.24. The van der Waals surface area contributed by atoms with Crippen molar-refractivity contribution in [1.29, 1.82) is 0 Å². The second-order valence-electron chi connectivity index (χ2n) is 8.44. The molecule has 1 unspecified atom stereocenters. The quantitative estimate of drug-likeness (QED) is 0.190. The molecule has 1 atom stereocenters. The molecule has 6 nitrogen and oxygen atoms in total. The van der Waals surface area contributed by atoms with E-state index in [0.717, 1.165) is 24.0 Å². The maximum Gasteiger partial charge on any atom is 0.306 e. The fourth-order valence-electron chi connectivity index (χ4n) is 3.69. The van der Waals surface area contributed by atoms with Crippen LogP contribution < -0.4 is 0 Å². The minimum Gasteiger partial charge on any atom is -0.750 e. The summed E-state index contributed by atoms with van der Waals surface area (Å²) in [6, 6.07) is 0. The van der Waals surface area contributed by atoms with Crippen LogP contribution in [0.3, 0.4) is 0 Å². The van der Waals surface area contributed by atoms with Crippen LogP contribution in [0.1, 0.15) is 84.0 Å². The Hall–Kier alpha value is -0.500. The fourth-order valence-corrected chi connectivity index (χ4v) is 4.10. The Kier molecular flexibility index (Phi) is 12.4.